The lowest BCUT2D eigenvalue weighted by molar-refractivity contribution is -0.140. The number of benzene rings is 4. The number of sulfonamides is 1. The van der Waals surface area contributed by atoms with Crippen molar-refractivity contribution in [3.05, 3.63) is 125 Å². The Bertz CT molecular complexity index is 1800. The molecule has 0 aliphatic heterocycles. The molecule has 49 heavy (non-hydrogen) atoms. The SMILES string of the molecule is CCOc1ccc(S(=O)(=O)N(CC(=O)N(Cc2cccc(Br)c2)[C@@H](Cc2ccccc2)C(=O)NC2CCCCC2)c2ccc(F)cc2)cc1. The van der Waals surface area contributed by atoms with Crippen LogP contribution in [0.4, 0.5) is 10.1 Å². The maximum atomic E-state index is 14.7. The molecule has 0 heterocycles. The number of hydrogen-bond acceptors (Lipinski definition) is 5. The number of anilines is 1. The minimum Gasteiger partial charge on any atom is -0.494 e. The third kappa shape index (κ3) is 9.70. The summed E-state index contributed by atoms with van der Waals surface area (Å²) in [5.41, 5.74) is 1.72. The van der Waals surface area contributed by atoms with Crippen molar-refractivity contribution in [1.82, 2.24) is 10.2 Å². The number of nitrogens with zero attached hydrogens (tertiary/aromatic N) is 2. The van der Waals surface area contributed by atoms with Crippen LogP contribution < -0.4 is 14.4 Å². The van der Waals surface area contributed by atoms with Gasteiger partial charge in [-0.05, 0) is 91.6 Å². The number of rotatable bonds is 14. The first-order valence-electron chi connectivity index (χ1n) is 16.5. The maximum absolute atomic E-state index is 14.7. The molecule has 0 aromatic heterocycles. The van der Waals surface area contributed by atoms with Crippen molar-refractivity contribution >= 4 is 43.5 Å². The predicted molar refractivity (Wildman–Crippen MR) is 192 cm³/mol. The van der Waals surface area contributed by atoms with Gasteiger partial charge in [0, 0.05) is 23.5 Å². The molecule has 1 saturated carbocycles. The van der Waals surface area contributed by atoms with Crippen molar-refractivity contribution in [2.45, 2.75) is 69.0 Å². The molecule has 0 unspecified atom stereocenters. The molecule has 4 aromatic rings. The summed E-state index contributed by atoms with van der Waals surface area (Å²) in [5, 5.41) is 3.21. The smallest absolute Gasteiger partial charge is 0.264 e. The standard InChI is InChI=1S/C38H41BrFN3O5S/c1-2-48-34-20-22-35(23-21-34)49(46,47)43(33-18-16-31(40)17-19-33)27-37(44)42(26-29-12-9-13-30(39)24-29)36(25-28-10-5-3-6-11-28)38(45)41-32-14-7-4-8-15-32/h3,5-6,9-13,16-24,32,36H,2,4,7-8,14-15,25-27H2,1H3,(H,41,45)/t36-/m0/s1. The number of ether oxygens (including phenoxy) is 1. The van der Waals surface area contributed by atoms with Crippen LogP contribution >= 0.6 is 15.9 Å². The van der Waals surface area contributed by atoms with E-state index in [4.69, 9.17) is 4.74 Å². The number of carbonyl (C=O) groups is 2. The number of carbonyl (C=O) groups excluding carboxylic acids is 2. The Labute approximate surface area is 296 Å². The normalized spacial score (nSPS) is 14.1. The van der Waals surface area contributed by atoms with E-state index in [-0.39, 0.29) is 35.5 Å². The number of nitrogens with one attached hydrogen (secondary N) is 1. The number of halogens is 2. The van der Waals surface area contributed by atoms with Crippen molar-refractivity contribution in [2.24, 2.45) is 0 Å². The average molecular weight is 751 g/mol. The molecule has 0 spiro atoms. The Morgan fingerprint density at radius 3 is 2.22 bits per heavy atom. The zero-order valence-corrected chi connectivity index (χ0v) is 29.8. The van der Waals surface area contributed by atoms with Crippen LogP contribution in [0.5, 0.6) is 5.75 Å². The van der Waals surface area contributed by atoms with Gasteiger partial charge < -0.3 is 15.0 Å². The summed E-state index contributed by atoms with van der Waals surface area (Å²) in [7, 11) is -4.33. The Hall–Kier alpha value is -4.22. The van der Waals surface area contributed by atoms with Gasteiger partial charge in [0.25, 0.3) is 10.0 Å². The van der Waals surface area contributed by atoms with E-state index >= 15 is 0 Å². The summed E-state index contributed by atoms with van der Waals surface area (Å²) >= 11 is 3.51. The Kier molecular flexibility index (Phi) is 12.5. The first kappa shape index (κ1) is 36.1. The molecule has 2 amide bonds. The van der Waals surface area contributed by atoms with Gasteiger partial charge in [-0.1, -0.05) is 77.7 Å². The highest BCUT2D eigenvalue weighted by Crippen LogP contribution is 2.27. The summed E-state index contributed by atoms with van der Waals surface area (Å²) in [4.78, 5) is 30.3. The van der Waals surface area contributed by atoms with E-state index in [2.05, 4.69) is 21.2 Å². The van der Waals surface area contributed by atoms with E-state index in [1.807, 2.05) is 61.5 Å². The van der Waals surface area contributed by atoms with Crippen LogP contribution in [0.3, 0.4) is 0 Å². The van der Waals surface area contributed by atoms with E-state index in [0.717, 1.165) is 64.1 Å². The van der Waals surface area contributed by atoms with E-state index < -0.39 is 34.3 Å². The number of amides is 2. The highest BCUT2D eigenvalue weighted by atomic mass is 79.9. The largest absolute Gasteiger partial charge is 0.494 e. The lowest BCUT2D eigenvalue weighted by atomic mass is 9.94. The summed E-state index contributed by atoms with van der Waals surface area (Å²) in [6.07, 6.45) is 5.11. The zero-order chi connectivity index (χ0) is 34.8. The minimum atomic E-state index is -4.33. The minimum absolute atomic E-state index is 0.00176. The molecule has 5 rings (SSSR count). The molecule has 1 atom stereocenters. The molecule has 1 N–H and O–H groups in total. The molecule has 1 aliphatic carbocycles. The van der Waals surface area contributed by atoms with Gasteiger partial charge in [0.1, 0.15) is 24.2 Å². The van der Waals surface area contributed by atoms with Gasteiger partial charge in [0.15, 0.2) is 0 Å². The van der Waals surface area contributed by atoms with Gasteiger partial charge >= 0.3 is 0 Å². The van der Waals surface area contributed by atoms with Gasteiger partial charge in [-0.2, -0.15) is 0 Å². The van der Waals surface area contributed by atoms with E-state index in [1.54, 1.807) is 12.1 Å². The van der Waals surface area contributed by atoms with Crippen LogP contribution in [0.2, 0.25) is 0 Å². The molecule has 0 saturated heterocycles. The summed E-state index contributed by atoms with van der Waals surface area (Å²) in [6, 6.07) is 26.8. The van der Waals surface area contributed by atoms with Gasteiger partial charge in [0.2, 0.25) is 11.8 Å². The summed E-state index contributed by atoms with van der Waals surface area (Å²) in [5.74, 6) is -0.925. The highest BCUT2D eigenvalue weighted by molar-refractivity contribution is 9.10. The fraction of sp³-hybridized carbons (Fsp3) is 0.316. The predicted octanol–water partition coefficient (Wildman–Crippen LogP) is 7.27. The monoisotopic (exact) mass is 749 g/mol. The molecule has 1 fully saturated rings. The quantitative estimate of drug-likeness (QED) is 0.146. The third-order valence-electron chi connectivity index (χ3n) is 8.58. The van der Waals surface area contributed by atoms with Crippen LogP contribution in [0.1, 0.15) is 50.2 Å². The average Bonchev–Trinajstić information content (AvgIpc) is 3.10. The third-order valence-corrected chi connectivity index (χ3v) is 10.9. The van der Waals surface area contributed by atoms with E-state index in [1.165, 1.54) is 29.2 Å². The van der Waals surface area contributed by atoms with E-state index in [9.17, 15) is 22.4 Å². The van der Waals surface area contributed by atoms with Crippen molar-refractivity contribution in [2.75, 3.05) is 17.5 Å². The first-order chi connectivity index (χ1) is 23.6. The van der Waals surface area contributed by atoms with Gasteiger partial charge in [-0.15, -0.1) is 0 Å². The lowest BCUT2D eigenvalue weighted by Gasteiger charge is -2.35. The molecule has 1 aliphatic rings. The Morgan fingerprint density at radius 1 is 0.898 bits per heavy atom. The van der Waals surface area contributed by atoms with Crippen LogP contribution in [0.25, 0.3) is 0 Å². The fourth-order valence-electron chi connectivity index (χ4n) is 6.07. The number of hydrogen-bond donors (Lipinski definition) is 1. The van der Waals surface area contributed by atoms with Gasteiger partial charge in [0.05, 0.1) is 17.2 Å². The highest BCUT2D eigenvalue weighted by Gasteiger charge is 2.35. The van der Waals surface area contributed by atoms with Crippen LogP contribution in [-0.2, 0) is 32.6 Å². The molecule has 0 bridgehead atoms. The molecular formula is C38H41BrFN3O5S. The van der Waals surface area contributed by atoms with Gasteiger partial charge in [-0.3, -0.25) is 13.9 Å². The second kappa shape index (κ2) is 16.9. The van der Waals surface area contributed by atoms with Crippen molar-refractivity contribution in [3.63, 3.8) is 0 Å². The second-order valence-electron chi connectivity index (χ2n) is 12.1. The topological polar surface area (TPSA) is 96.0 Å². The van der Waals surface area contributed by atoms with Crippen molar-refractivity contribution in [1.29, 1.82) is 0 Å². The van der Waals surface area contributed by atoms with Crippen molar-refractivity contribution in [3.8, 4) is 5.75 Å². The van der Waals surface area contributed by atoms with E-state index in [0.29, 0.717) is 12.4 Å². The maximum Gasteiger partial charge on any atom is 0.264 e. The molecule has 8 nitrogen and oxygen atoms in total. The van der Waals surface area contributed by atoms with Gasteiger partial charge in [-0.25, -0.2) is 12.8 Å². The molecular weight excluding hydrogens is 709 g/mol. The molecule has 258 valence electrons. The zero-order valence-electron chi connectivity index (χ0n) is 27.4. The van der Waals surface area contributed by atoms with Crippen LogP contribution in [0.15, 0.2) is 112 Å². The van der Waals surface area contributed by atoms with Crippen molar-refractivity contribution < 1.29 is 27.1 Å². The fourth-order valence-corrected chi connectivity index (χ4v) is 7.93. The first-order valence-corrected chi connectivity index (χ1v) is 18.8. The summed E-state index contributed by atoms with van der Waals surface area (Å²) < 4.78 is 49.8. The van der Waals surface area contributed by atoms with Crippen LogP contribution in [0, 0.1) is 5.82 Å². The molecule has 11 heteroatoms. The Morgan fingerprint density at radius 2 is 1.57 bits per heavy atom. The van der Waals surface area contributed by atoms with Crippen LogP contribution in [-0.4, -0.2) is 50.4 Å². The lowest BCUT2D eigenvalue weighted by Crippen LogP contribution is -2.55. The second-order valence-corrected chi connectivity index (χ2v) is 14.9. The molecule has 4 aromatic carbocycles. The Balaban J connectivity index is 1.55. The summed E-state index contributed by atoms with van der Waals surface area (Å²) in [6.45, 7) is 1.66. The molecule has 0 radical (unpaired) electrons.